The Morgan fingerprint density at radius 1 is 0.897 bits per heavy atom. The van der Waals surface area contributed by atoms with Gasteiger partial charge in [0.05, 0.1) is 20.6 Å². The van der Waals surface area contributed by atoms with Crippen LogP contribution >= 0.6 is 34.8 Å². The predicted molar refractivity (Wildman–Crippen MR) is 157 cm³/mol. The first-order valence-electron chi connectivity index (χ1n) is 12.3. The lowest BCUT2D eigenvalue weighted by atomic mass is 10.1. The Hall–Kier alpha value is -2.78. The van der Waals surface area contributed by atoms with Gasteiger partial charge in [-0.1, -0.05) is 78.1 Å². The van der Waals surface area contributed by atoms with Crippen LogP contribution in [0.2, 0.25) is 15.1 Å². The number of carbonyl (C=O) groups excluding carboxylic acids is 2. The molecule has 0 aliphatic carbocycles. The SMILES string of the molecule is CC[C@@H](C(=O)NC(C)C)N(Cc1ccc(Cl)cc1)C(=O)CN(c1cccc(Cl)c1Cl)S(=O)(=O)c1ccccc1. The fraction of sp³-hybridized carbons (Fsp3) is 0.286. The maximum absolute atomic E-state index is 14.0. The van der Waals surface area contributed by atoms with E-state index in [1.807, 2.05) is 13.8 Å². The summed E-state index contributed by atoms with van der Waals surface area (Å²) >= 11 is 18.7. The van der Waals surface area contributed by atoms with Gasteiger partial charge in [0.2, 0.25) is 11.8 Å². The Bertz CT molecular complexity index is 1400. The van der Waals surface area contributed by atoms with Gasteiger partial charge in [0, 0.05) is 17.6 Å². The highest BCUT2D eigenvalue weighted by molar-refractivity contribution is 7.92. The number of hydrogen-bond acceptors (Lipinski definition) is 4. The average Bonchev–Trinajstić information content (AvgIpc) is 2.90. The molecule has 2 amide bonds. The molecule has 0 bridgehead atoms. The monoisotopic (exact) mass is 609 g/mol. The number of amides is 2. The molecule has 0 saturated heterocycles. The van der Waals surface area contributed by atoms with E-state index >= 15 is 0 Å². The van der Waals surface area contributed by atoms with Crippen molar-refractivity contribution in [3.05, 3.63) is 93.4 Å². The van der Waals surface area contributed by atoms with Crippen LogP contribution in [0.5, 0.6) is 0 Å². The minimum absolute atomic E-state index is 0.0136. The van der Waals surface area contributed by atoms with E-state index in [-0.39, 0.29) is 39.1 Å². The van der Waals surface area contributed by atoms with Gasteiger partial charge in [0.1, 0.15) is 12.6 Å². The second-order valence-electron chi connectivity index (χ2n) is 9.13. The molecule has 0 saturated carbocycles. The topological polar surface area (TPSA) is 86.8 Å². The van der Waals surface area contributed by atoms with Crippen LogP contribution in [0.25, 0.3) is 0 Å². The van der Waals surface area contributed by atoms with Crippen molar-refractivity contribution in [3.8, 4) is 0 Å². The Morgan fingerprint density at radius 2 is 1.54 bits per heavy atom. The van der Waals surface area contributed by atoms with Crippen LogP contribution in [0, 0.1) is 0 Å². The number of nitrogens with zero attached hydrogens (tertiary/aromatic N) is 2. The van der Waals surface area contributed by atoms with Gasteiger partial charge in [-0.15, -0.1) is 0 Å². The van der Waals surface area contributed by atoms with E-state index < -0.39 is 28.5 Å². The van der Waals surface area contributed by atoms with E-state index in [2.05, 4.69) is 5.32 Å². The van der Waals surface area contributed by atoms with Crippen LogP contribution in [-0.2, 0) is 26.2 Å². The Morgan fingerprint density at radius 3 is 2.13 bits per heavy atom. The molecule has 0 heterocycles. The van der Waals surface area contributed by atoms with Crippen molar-refractivity contribution in [2.24, 2.45) is 0 Å². The summed E-state index contributed by atoms with van der Waals surface area (Å²) < 4.78 is 28.6. The van der Waals surface area contributed by atoms with Gasteiger partial charge in [0.15, 0.2) is 0 Å². The lowest BCUT2D eigenvalue weighted by Crippen LogP contribution is -2.53. The smallest absolute Gasteiger partial charge is 0.264 e. The number of anilines is 1. The van der Waals surface area contributed by atoms with Crippen LogP contribution in [0.15, 0.2) is 77.7 Å². The highest BCUT2D eigenvalue weighted by Crippen LogP contribution is 2.35. The van der Waals surface area contributed by atoms with E-state index in [1.165, 1.54) is 29.2 Å². The molecule has 3 aromatic rings. The summed E-state index contributed by atoms with van der Waals surface area (Å²) in [7, 11) is -4.25. The quantitative estimate of drug-likeness (QED) is 0.281. The molecule has 0 radical (unpaired) electrons. The van der Waals surface area contributed by atoms with Gasteiger partial charge < -0.3 is 10.2 Å². The number of rotatable bonds is 11. The summed E-state index contributed by atoms with van der Waals surface area (Å²) in [6.07, 6.45) is 0.307. The molecule has 11 heteroatoms. The minimum Gasteiger partial charge on any atom is -0.352 e. The maximum atomic E-state index is 14.0. The second kappa shape index (κ2) is 13.5. The van der Waals surface area contributed by atoms with Gasteiger partial charge in [-0.2, -0.15) is 0 Å². The van der Waals surface area contributed by atoms with Crippen molar-refractivity contribution < 1.29 is 18.0 Å². The lowest BCUT2D eigenvalue weighted by molar-refractivity contribution is -0.140. The second-order valence-corrected chi connectivity index (χ2v) is 12.2. The fourth-order valence-electron chi connectivity index (χ4n) is 4.00. The van der Waals surface area contributed by atoms with Crippen molar-refractivity contribution in [1.82, 2.24) is 10.2 Å². The van der Waals surface area contributed by atoms with Gasteiger partial charge >= 0.3 is 0 Å². The zero-order chi connectivity index (χ0) is 28.7. The summed E-state index contributed by atoms with van der Waals surface area (Å²) in [5, 5.41) is 3.50. The molecule has 0 spiro atoms. The zero-order valence-electron chi connectivity index (χ0n) is 21.8. The number of nitrogens with one attached hydrogen (secondary N) is 1. The maximum Gasteiger partial charge on any atom is 0.264 e. The summed E-state index contributed by atoms with van der Waals surface area (Å²) in [6.45, 7) is 4.88. The van der Waals surface area contributed by atoms with Crippen LogP contribution in [0.1, 0.15) is 32.8 Å². The van der Waals surface area contributed by atoms with Gasteiger partial charge in [-0.25, -0.2) is 8.42 Å². The molecule has 0 aromatic heterocycles. The van der Waals surface area contributed by atoms with Gasteiger partial charge in [-0.05, 0) is 62.2 Å². The summed E-state index contributed by atoms with van der Waals surface area (Å²) in [6, 6.07) is 18.2. The predicted octanol–water partition coefficient (Wildman–Crippen LogP) is 6.17. The van der Waals surface area contributed by atoms with E-state index in [4.69, 9.17) is 34.8 Å². The summed E-state index contributed by atoms with van der Waals surface area (Å²) in [5.41, 5.74) is 0.772. The molecule has 3 rings (SSSR count). The van der Waals surface area contributed by atoms with Crippen LogP contribution in [0.3, 0.4) is 0 Å². The third kappa shape index (κ3) is 7.66. The normalized spacial score (nSPS) is 12.2. The van der Waals surface area contributed by atoms with E-state index in [9.17, 15) is 18.0 Å². The molecule has 0 unspecified atom stereocenters. The highest BCUT2D eigenvalue weighted by Gasteiger charge is 2.34. The first kappa shape index (κ1) is 30.8. The minimum atomic E-state index is -4.25. The Labute approximate surface area is 244 Å². The summed E-state index contributed by atoms with van der Waals surface area (Å²) in [4.78, 5) is 28.5. The zero-order valence-corrected chi connectivity index (χ0v) is 24.9. The van der Waals surface area contributed by atoms with E-state index in [0.29, 0.717) is 11.4 Å². The number of halogens is 3. The number of sulfonamides is 1. The molecular weight excluding hydrogens is 581 g/mol. The average molecular weight is 611 g/mol. The van der Waals surface area contributed by atoms with Gasteiger partial charge in [-0.3, -0.25) is 13.9 Å². The molecule has 0 fully saturated rings. The van der Waals surface area contributed by atoms with Crippen LogP contribution < -0.4 is 9.62 Å². The molecule has 1 atom stereocenters. The Kier molecular flexibility index (Phi) is 10.7. The first-order chi connectivity index (χ1) is 18.4. The Balaban J connectivity index is 2.09. The van der Waals surface area contributed by atoms with Crippen molar-refractivity contribution in [2.45, 2.75) is 50.7 Å². The third-order valence-corrected chi connectivity index (χ3v) is 8.73. The van der Waals surface area contributed by atoms with Crippen molar-refractivity contribution >= 4 is 62.3 Å². The molecule has 208 valence electrons. The first-order valence-corrected chi connectivity index (χ1v) is 14.9. The molecule has 1 N–H and O–H groups in total. The molecule has 0 aliphatic heterocycles. The largest absolute Gasteiger partial charge is 0.352 e. The molecule has 3 aromatic carbocycles. The molecular formula is C28H30Cl3N3O4S. The number of hydrogen-bond donors (Lipinski definition) is 1. The van der Waals surface area contributed by atoms with Crippen molar-refractivity contribution in [1.29, 1.82) is 0 Å². The van der Waals surface area contributed by atoms with Crippen LogP contribution in [0.4, 0.5) is 5.69 Å². The highest BCUT2D eigenvalue weighted by atomic mass is 35.5. The molecule has 0 aliphatic rings. The van der Waals surface area contributed by atoms with Crippen molar-refractivity contribution in [2.75, 3.05) is 10.8 Å². The standard InChI is InChI=1S/C28H30Cl3N3O4S/c1-4-24(28(36)32-19(2)3)33(17-20-13-15-21(29)16-14-20)26(35)18-34(25-12-8-11-23(30)27(25)31)39(37,38)22-9-6-5-7-10-22/h5-16,19,24H,4,17-18H2,1-3H3,(H,32,36)/t24-/m0/s1. The fourth-order valence-corrected chi connectivity index (χ4v) is 6.03. The van der Waals surface area contributed by atoms with Gasteiger partial charge in [0.25, 0.3) is 10.0 Å². The number of benzene rings is 3. The third-order valence-electron chi connectivity index (χ3n) is 5.89. The van der Waals surface area contributed by atoms with E-state index in [0.717, 1.165) is 9.87 Å². The molecule has 39 heavy (non-hydrogen) atoms. The van der Waals surface area contributed by atoms with Crippen LogP contribution in [-0.4, -0.2) is 43.8 Å². The molecule has 7 nitrogen and oxygen atoms in total. The number of carbonyl (C=O) groups is 2. The van der Waals surface area contributed by atoms with E-state index in [1.54, 1.807) is 55.5 Å². The lowest BCUT2D eigenvalue weighted by Gasteiger charge is -2.33. The van der Waals surface area contributed by atoms with Crippen molar-refractivity contribution in [3.63, 3.8) is 0 Å². The summed E-state index contributed by atoms with van der Waals surface area (Å²) in [5.74, 6) is -0.931.